The lowest BCUT2D eigenvalue weighted by Gasteiger charge is -2.10. The third-order valence-corrected chi connectivity index (χ3v) is 2.90. The molecule has 0 fully saturated rings. The van der Waals surface area contributed by atoms with Gasteiger partial charge in [-0.3, -0.25) is 14.9 Å². The number of carbonyl (C=O) groups is 1. The maximum absolute atomic E-state index is 10.9. The second-order valence-corrected chi connectivity index (χ2v) is 4.29. The van der Waals surface area contributed by atoms with E-state index < -0.39 is 0 Å². The van der Waals surface area contributed by atoms with Crippen molar-refractivity contribution in [2.45, 2.75) is 26.2 Å². The molecule has 0 saturated heterocycles. The minimum Gasteiger partial charge on any atom is -0.369 e. The molecule has 0 aromatic carbocycles. The topological polar surface area (TPSA) is 108 Å². The maximum atomic E-state index is 10.9. The first-order chi connectivity index (χ1) is 8.56. The van der Waals surface area contributed by atoms with E-state index in [0.29, 0.717) is 13.0 Å². The second-order valence-electron chi connectivity index (χ2n) is 4.29. The van der Waals surface area contributed by atoms with Crippen LogP contribution in [0.1, 0.15) is 31.7 Å². The van der Waals surface area contributed by atoms with Crippen LogP contribution in [0.15, 0.2) is 17.4 Å². The van der Waals surface area contributed by atoms with Crippen LogP contribution >= 0.6 is 0 Å². The number of rotatable bonds is 7. The molecule has 0 spiro atoms. The Morgan fingerprint density at radius 1 is 1.72 bits per heavy atom. The van der Waals surface area contributed by atoms with Crippen molar-refractivity contribution in [1.82, 2.24) is 10.2 Å². The van der Waals surface area contributed by atoms with Crippen molar-refractivity contribution in [3.63, 3.8) is 0 Å². The first-order valence-electron chi connectivity index (χ1n) is 5.85. The first kappa shape index (κ1) is 14.1. The Morgan fingerprint density at radius 2 is 2.44 bits per heavy atom. The molecule has 98 valence electrons. The number of aromatic nitrogens is 2. The van der Waals surface area contributed by atoms with Gasteiger partial charge < -0.3 is 11.1 Å². The summed E-state index contributed by atoms with van der Waals surface area (Å²) in [6, 6.07) is 0. The predicted octanol–water partition coefficient (Wildman–Crippen LogP) is 1.12. The van der Waals surface area contributed by atoms with Crippen molar-refractivity contribution in [2.75, 3.05) is 6.54 Å². The van der Waals surface area contributed by atoms with Crippen LogP contribution in [-0.2, 0) is 4.79 Å². The van der Waals surface area contributed by atoms with Gasteiger partial charge in [-0.1, -0.05) is 6.92 Å². The van der Waals surface area contributed by atoms with Gasteiger partial charge in [0.1, 0.15) is 0 Å². The van der Waals surface area contributed by atoms with E-state index in [0.717, 1.165) is 11.3 Å². The van der Waals surface area contributed by atoms with Crippen LogP contribution in [0, 0.1) is 11.3 Å². The molecule has 1 amide bonds. The minimum absolute atomic E-state index is 0.160. The van der Waals surface area contributed by atoms with Crippen LogP contribution in [0.5, 0.6) is 0 Å². The molecule has 0 saturated carbocycles. The van der Waals surface area contributed by atoms with Crippen LogP contribution in [0.4, 0.5) is 0 Å². The van der Waals surface area contributed by atoms with E-state index in [4.69, 9.17) is 11.1 Å². The van der Waals surface area contributed by atoms with Gasteiger partial charge in [-0.25, -0.2) is 0 Å². The number of carbonyl (C=O) groups excluding carboxylic acids is 1. The van der Waals surface area contributed by atoms with E-state index in [1.807, 2.05) is 6.92 Å². The van der Waals surface area contributed by atoms with Crippen molar-refractivity contribution in [3.8, 4) is 0 Å². The highest BCUT2D eigenvalue weighted by molar-refractivity contribution is 6.01. The van der Waals surface area contributed by atoms with E-state index in [2.05, 4.69) is 15.2 Å². The molecule has 0 radical (unpaired) electrons. The van der Waals surface area contributed by atoms with Crippen LogP contribution in [-0.4, -0.2) is 34.6 Å². The number of hydrogen-bond donors (Lipinski definition) is 3. The Labute approximate surface area is 106 Å². The molecule has 1 rings (SSSR count). The monoisotopic (exact) mass is 249 g/mol. The number of nitrogens with one attached hydrogen (secondary N) is 2. The van der Waals surface area contributed by atoms with Gasteiger partial charge in [0, 0.05) is 36.1 Å². The van der Waals surface area contributed by atoms with Gasteiger partial charge in [-0.05, 0) is 13.3 Å². The standard InChI is InChI=1S/C12H19N5O/c1-8(12(14)18)3-4-15-9(2)11(5-13)10-6-16-17-7-10/h5-8,11,13H,3-4H2,1-2H3,(H2,14,18)(H,16,17). The lowest BCUT2D eigenvalue weighted by atomic mass is 9.99. The summed E-state index contributed by atoms with van der Waals surface area (Å²) in [5.41, 5.74) is 6.93. The highest BCUT2D eigenvalue weighted by Gasteiger charge is 2.13. The molecule has 6 heteroatoms. The molecule has 0 aliphatic rings. The number of nitrogens with zero attached hydrogens (tertiary/aromatic N) is 2. The third kappa shape index (κ3) is 3.80. The number of aromatic amines is 1. The Balaban J connectivity index is 2.59. The lowest BCUT2D eigenvalue weighted by Crippen LogP contribution is -2.21. The van der Waals surface area contributed by atoms with Gasteiger partial charge in [-0.15, -0.1) is 0 Å². The predicted molar refractivity (Wildman–Crippen MR) is 71.1 cm³/mol. The van der Waals surface area contributed by atoms with Gasteiger partial charge in [0.05, 0.1) is 12.1 Å². The third-order valence-electron chi connectivity index (χ3n) is 2.90. The highest BCUT2D eigenvalue weighted by atomic mass is 16.1. The normalized spacial score (nSPS) is 15.1. The summed E-state index contributed by atoms with van der Waals surface area (Å²) in [4.78, 5) is 15.3. The van der Waals surface area contributed by atoms with Gasteiger partial charge in [0.15, 0.2) is 0 Å². The molecule has 2 atom stereocenters. The number of nitrogens with two attached hydrogens (primary N) is 1. The first-order valence-corrected chi connectivity index (χ1v) is 5.85. The maximum Gasteiger partial charge on any atom is 0.220 e. The zero-order valence-electron chi connectivity index (χ0n) is 10.7. The summed E-state index contributed by atoms with van der Waals surface area (Å²) in [5, 5.41) is 14.0. The van der Waals surface area contributed by atoms with Gasteiger partial charge in [0.2, 0.25) is 5.91 Å². The molecule has 0 bridgehead atoms. The van der Waals surface area contributed by atoms with Crippen molar-refractivity contribution < 1.29 is 4.79 Å². The number of aliphatic imine (C=N–C) groups is 1. The van der Waals surface area contributed by atoms with Crippen molar-refractivity contribution >= 4 is 17.8 Å². The van der Waals surface area contributed by atoms with Crippen molar-refractivity contribution in [3.05, 3.63) is 18.0 Å². The zero-order chi connectivity index (χ0) is 13.5. The summed E-state index contributed by atoms with van der Waals surface area (Å²) in [6.45, 7) is 4.20. The van der Waals surface area contributed by atoms with Crippen LogP contribution in [0.25, 0.3) is 0 Å². The summed E-state index contributed by atoms with van der Waals surface area (Å²) < 4.78 is 0. The number of amides is 1. The van der Waals surface area contributed by atoms with Gasteiger partial charge in [-0.2, -0.15) is 5.10 Å². The summed E-state index contributed by atoms with van der Waals surface area (Å²) >= 11 is 0. The quantitative estimate of drug-likeness (QED) is 0.629. The van der Waals surface area contributed by atoms with Crippen LogP contribution < -0.4 is 5.73 Å². The molecular weight excluding hydrogens is 230 g/mol. The smallest absolute Gasteiger partial charge is 0.220 e. The number of hydrogen-bond acceptors (Lipinski definition) is 4. The molecular formula is C12H19N5O. The fourth-order valence-corrected chi connectivity index (χ4v) is 1.56. The fourth-order valence-electron chi connectivity index (χ4n) is 1.56. The molecule has 6 nitrogen and oxygen atoms in total. The van der Waals surface area contributed by atoms with Crippen molar-refractivity contribution in [1.29, 1.82) is 5.41 Å². The SMILES string of the molecule is CC(=NCCC(C)C(N)=O)C(C=N)c1cn[nH]c1. The van der Waals surface area contributed by atoms with E-state index in [9.17, 15) is 4.79 Å². The fraction of sp³-hybridized carbons (Fsp3) is 0.500. The molecule has 18 heavy (non-hydrogen) atoms. The largest absolute Gasteiger partial charge is 0.369 e. The number of primary amides is 1. The zero-order valence-corrected chi connectivity index (χ0v) is 10.7. The Bertz CT molecular complexity index is 424. The Morgan fingerprint density at radius 3 is 2.94 bits per heavy atom. The molecule has 1 aromatic heterocycles. The Kier molecular flexibility index (Phi) is 5.23. The van der Waals surface area contributed by atoms with E-state index in [1.165, 1.54) is 6.21 Å². The average Bonchev–Trinajstić information content (AvgIpc) is 2.83. The molecule has 0 aliphatic carbocycles. The number of H-pyrrole nitrogens is 1. The minimum atomic E-state index is -0.304. The van der Waals surface area contributed by atoms with Crippen molar-refractivity contribution in [2.24, 2.45) is 16.6 Å². The van der Waals surface area contributed by atoms with Gasteiger partial charge in [0.25, 0.3) is 0 Å². The van der Waals surface area contributed by atoms with Gasteiger partial charge >= 0.3 is 0 Å². The molecule has 1 heterocycles. The average molecular weight is 249 g/mol. The highest BCUT2D eigenvalue weighted by Crippen LogP contribution is 2.14. The second kappa shape index (κ2) is 6.68. The summed E-state index contributed by atoms with van der Waals surface area (Å²) in [7, 11) is 0. The molecule has 4 N–H and O–H groups in total. The van der Waals surface area contributed by atoms with E-state index in [1.54, 1.807) is 19.3 Å². The molecule has 1 aromatic rings. The van der Waals surface area contributed by atoms with E-state index >= 15 is 0 Å². The molecule has 0 aliphatic heterocycles. The van der Waals surface area contributed by atoms with E-state index in [-0.39, 0.29) is 17.7 Å². The Hall–Kier alpha value is -1.98. The van der Waals surface area contributed by atoms with Crippen LogP contribution in [0.2, 0.25) is 0 Å². The molecule has 2 unspecified atom stereocenters. The lowest BCUT2D eigenvalue weighted by molar-refractivity contribution is -0.121. The summed E-state index contributed by atoms with van der Waals surface area (Å²) in [5.74, 6) is -0.636. The summed E-state index contributed by atoms with van der Waals surface area (Å²) in [6.07, 6.45) is 5.39. The van der Waals surface area contributed by atoms with Crippen LogP contribution in [0.3, 0.4) is 0 Å².